The second-order valence-corrected chi connectivity index (χ2v) is 5.24. The van der Waals surface area contributed by atoms with Crippen LogP contribution in [0, 0.1) is 13.8 Å². The fraction of sp³-hybridized carbons (Fsp3) is 0.200. The lowest BCUT2D eigenvalue weighted by Crippen LogP contribution is -2.00. The van der Waals surface area contributed by atoms with Gasteiger partial charge in [-0.2, -0.15) is 0 Å². The van der Waals surface area contributed by atoms with Gasteiger partial charge in [0.05, 0.1) is 0 Å². The van der Waals surface area contributed by atoms with Gasteiger partial charge in [0.15, 0.2) is 0 Å². The van der Waals surface area contributed by atoms with E-state index in [1.54, 1.807) is 0 Å². The smallest absolute Gasteiger partial charge is 0.131 e. The highest BCUT2D eigenvalue weighted by atomic mass is 79.9. The first kappa shape index (κ1) is 13.1. The van der Waals surface area contributed by atoms with Crippen LogP contribution in [-0.2, 0) is 6.54 Å². The van der Waals surface area contributed by atoms with E-state index in [2.05, 4.69) is 28.9 Å². The summed E-state index contributed by atoms with van der Waals surface area (Å²) in [5.41, 5.74) is 9.08. The van der Waals surface area contributed by atoms with Crippen LogP contribution in [0.3, 0.4) is 0 Å². The second kappa shape index (κ2) is 5.55. The van der Waals surface area contributed by atoms with Gasteiger partial charge in [-0.05, 0) is 43.7 Å². The molecule has 2 rings (SSSR count). The summed E-state index contributed by atoms with van der Waals surface area (Å²) in [7, 11) is 0. The van der Waals surface area contributed by atoms with Crippen LogP contribution in [0.2, 0.25) is 0 Å². The number of aryl methyl sites for hydroxylation is 2. The van der Waals surface area contributed by atoms with Gasteiger partial charge in [0.25, 0.3) is 0 Å². The third-order valence-electron chi connectivity index (χ3n) is 2.79. The van der Waals surface area contributed by atoms with Gasteiger partial charge >= 0.3 is 0 Å². The van der Waals surface area contributed by atoms with Crippen LogP contribution in [0.15, 0.2) is 40.9 Å². The zero-order valence-corrected chi connectivity index (χ0v) is 12.1. The first-order valence-electron chi connectivity index (χ1n) is 5.84. The van der Waals surface area contributed by atoms with Crippen molar-refractivity contribution in [3.8, 4) is 11.5 Å². The molecule has 0 saturated heterocycles. The lowest BCUT2D eigenvalue weighted by atomic mass is 10.1. The fourth-order valence-electron chi connectivity index (χ4n) is 1.84. The molecular formula is C15H16BrNO. The van der Waals surface area contributed by atoms with Crippen molar-refractivity contribution in [1.82, 2.24) is 0 Å². The maximum Gasteiger partial charge on any atom is 0.131 e. The number of nitrogens with two attached hydrogens (primary N) is 1. The quantitative estimate of drug-likeness (QED) is 0.916. The minimum absolute atomic E-state index is 0.458. The van der Waals surface area contributed by atoms with Crippen LogP contribution in [0.1, 0.15) is 16.7 Å². The van der Waals surface area contributed by atoms with E-state index in [1.165, 1.54) is 5.56 Å². The Kier molecular flexibility index (Phi) is 4.04. The maximum atomic E-state index is 5.94. The van der Waals surface area contributed by atoms with Crippen molar-refractivity contribution in [1.29, 1.82) is 0 Å². The Balaban J connectivity index is 2.33. The summed E-state index contributed by atoms with van der Waals surface area (Å²) >= 11 is 3.44. The zero-order valence-electron chi connectivity index (χ0n) is 10.5. The molecule has 0 unspecified atom stereocenters. The van der Waals surface area contributed by atoms with Crippen LogP contribution in [0.5, 0.6) is 11.5 Å². The molecule has 0 fully saturated rings. The first-order chi connectivity index (χ1) is 8.60. The Hall–Kier alpha value is -1.32. The first-order valence-corrected chi connectivity index (χ1v) is 6.63. The van der Waals surface area contributed by atoms with Crippen LogP contribution >= 0.6 is 15.9 Å². The van der Waals surface area contributed by atoms with Crippen molar-refractivity contribution in [2.24, 2.45) is 5.73 Å². The molecule has 2 aromatic rings. The maximum absolute atomic E-state index is 5.94. The molecule has 2 aromatic carbocycles. The van der Waals surface area contributed by atoms with Crippen LogP contribution < -0.4 is 10.5 Å². The molecule has 18 heavy (non-hydrogen) atoms. The number of halogens is 1. The van der Waals surface area contributed by atoms with E-state index < -0.39 is 0 Å². The van der Waals surface area contributed by atoms with Crippen molar-refractivity contribution in [3.05, 3.63) is 57.6 Å². The zero-order chi connectivity index (χ0) is 13.1. The van der Waals surface area contributed by atoms with Gasteiger partial charge in [0, 0.05) is 16.6 Å². The highest BCUT2D eigenvalue weighted by Gasteiger charge is 2.06. The Labute approximate surface area is 116 Å². The standard InChI is InChI=1S/C15H16BrNO/c1-10-3-5-14(11(2)7-10)18-15-6-4-13(16)8-12(15)9-17/h3-8H,9,17H2,1-2H3. The molecule has 0 atom stereocenters. The number of benzene rings is 2. The molecule has 94 valence electrons. The molecule has 0 aliphatic heterocycles. The summed E-state index contributed by atoms with van der Waals surface area (Å²) in [6.07, 6.45) is 0. The third kappa shape index (κ3) is 2.92. The summed E-state index contributed by atoms with van der Waals surface area (Å²) in [6.45, 7) is 4.57. The van der Waals surface area contributed by atoms with E-state index in [9.17, 15) is 0 Å². The van der Waals surface area contributed by atoms with Crippen LogP contribution in [0.4, 0.5) is 0 Å². The molecule has 0 aliphatic carbocycles. The van der Waals surface area contributed by atoms with Gasteiger partial charge in [-0.3, -0.25) is 0 Å². The highest BCUT2D eigenvalue weighted by Crippen LogP contribution is 2.30. The number of hydrogen-bond donors (Lipinski definition) is 1. The average Bonchev–Trinajstić information content (AvgIpc) is 2.34. The molecule has 0 aliphatic rings. The Morgan fingerprint density at radius 1 is 1.06 bits per heavy atom. The Morgan fingerprint density at radius 3 is 2.44 bits per heavy atom. The van der Waals surface area contributed by atoms with Crippen molar-refractivity contribution in [2.45, 2.75) is 20.4 Å². The summed E-state index contributed by atoms with van der Waals surface area (Å²) in [4.78, 5) is 0. The summed E-state index contributed by atoms with van der Waals surface area (Å²) in [5.74, 6) is 1.69. The summed E-state index contributed by atoms with van der Waals surface area (Å²) < 4.78 is 6.95. The molecular weight excluding hydrogens is 290 g/mol. The average molecular weight is 306 g/mol. The minimum Gasteiger partial charge on any atom is -0.457 e. The molecule has 0 saturated carbocycles. The van der Waals surface area contributed by atoms with E-state index >= 15 is 0 Å². The van der Waals surface area contributed by atoms with Crippen molar-refractivity contribution in [3.63, 3.8) is 0 Å². The molecule has 0 bridgehead atoms. The number of ether oxygens (including phenoxy) is 1. The lowest BCUT2D eigenvalue weighted by molar-refractivity contribution is 0.472. The fourth-order valence-corrected chi connectivity index (χ4v) is 2.25. The third-order valence-corrected chi connectivity index (χ3v) is 3.29. The molecule has 2 N–H and O–H groups in total. The van der Waals surface area contributed by atoms with Crippen LogP contribution in [-0.4, -0.2) is 0 Å². The van der Waals surface area contributed by atoms with E-state index in [-0.39, 0.29) is 0 Å². The molecule has 0 aromatic heterocycles. The predicted molar refractivity (Wildman–Crippen MR) is 78.0 cm³/mol. The topological polar surface area (TPSA) is 35.2 Å². The van der Waals surface area contributed by atoms with E-state index in [4.69, 9.17) is 10.5 Å². The Bertz CT molecular complexity index is 566. The van der Waals surface area contributed by atoms with Crippen molar-refractivity contribution < 1.29 is 4.74 Å². The molecule has 0 spiro atoms. The normalized spacial score (nSPS) is 10.4. The molecule has 0 amide bonds. The van der Waals surface area contributed by atoms with Crippen molar-refractivity contribution >= 4 is 15.9 Å². The molecule has 2 nitrogen and oxygen atoms in total. The number of rotatable bonds is 3. The molecule has 0 heterocycles. The SMILES string of the molecule is Cc1ccc(Oc2ccc(Br)cc2CN)c(C)c1. The summed E-state index contributed by atoms with van der Waals surface area (Å²) in [5, 5.41) is 0. The van der Waals surface area contributed by atoms with Gasteiger partial charge in [0.2, 0.25) is 0 Å². The minimum atomic E-state index is 0.458. The monoisotopic (exact) mass is 305 g/mol. The van der Waals surface area contributed by atoms with Gasteiger partial charge in [-0.1, -0.05) is 33.6 Å². The largest absolute Gasteiger partial charge is 0.457 e. The summed E-state index contributed by atoms with van der Waals surface area (Å²) in [6, 6.07) is 12.0. The van der Waals surface area contributed by atoms with Crippen molar-refractivity contribution in [2.75, 3.05) is 0 Å². The second-order valence-electron chi connectivity index (χ2n) is 4.33. The van der Waals surface area contributed by atoms with E-state index in [0.717, 1.165) is 27.1 Å². The molecule has 3 heteroatoms. The van der Waals surface area contributed by atoms with Gasteiger partial charge in [0.1, 0.15) is 11.5 Å². The van der Waals surface area contributed by atoms with Gasteiger partial charge in [-0.15, -0.1) is 0 Å². The van der Waals surface area contributed by atoms with Gasteiger partial charge in [-0.25, -0.2) is 0 Å². The Morgan fingerprint density at radius 2 is 1.78 bits per heavy atom. The van der Waals surface area contributed by atoms with E-state index in [0.29, 0.717) is 6.54 Å². The number of hydrogen-bond acceptors (Lipinski definition) is 2. The lowest BCUT2D eigenvalue weighted by Gasteiger charge is -2.12. The predicted octanol–water partition coefficient (Wildman–Crippen LogP) is 4.32. The molecule has 0 radical (unpaired) electrons. The van der Waals surface area contributed by atoms with Crippen LogP contribution in [0.25, 0.3) is 0 Å². The van der Waals surface area contributed by atoms with E-state index in [1.807, 2.05) is 37.3 Å². The van der Waals surface area contributed by atoms with Gasteiger partial charge < -0.3 is 10.5 Å². The highest BCUT2D eigenvalue weighted by molar-refractivity contribution is 9.10.